The van der Waals surface area contributed by atoms with Crippen LogP contribution in [0, 0.1) is 6.92 Å². The number of rotatable bonds is 2. The molecule has 2 nitrogen and oxygen atoms in total. The molecule has 2 heterocycles. The van der Waals surface area contributed by atoms with Crippen molar-refractivity contribution in [3.63, 3.8) is 0 Å². The molecule has 1 saturated heterocycles. The molecule has 0 aromatic carbocycles. The van der Waals surface area contributed by atoms with Gasteiger partial charge in [-0.1, -0.05) is 0 Å². The SMILES string of the molecule is Cc1sc(CC2(O)CCNC2)cc1Br. The van der Waals surface area contributed by atoms with Crippen molar-refractivity contribution in [3.05, 3.63) is 20.3 Å². The second-order valence-corrected chi connectivity index (χ2v) is 6.14. The molecule has 1 aliphatic rings. The molecule has 1 fully saturated rings. The average Bonchev–Trinajstić information content (AvgIpc) is 2.62. The summed E-state index contributed by atoms with van der Waals surface area (Å²) in [5.74, 6) is 0. The van der Waals surface area contributed by atoms with Gasteiger partial charge >= 0.3 is 0 Å². The summed E-state index contributed by atoms with van der Waals surface area (Å²) >= 11 is 5.26. The molecule has 1 aromatic heterocycles. The van der Waals surface area contributed by atoms with E-state index in [1.54, 1.807) is 11.3 Å². The van der Waals surface area contributed by atoms with Crippen molar-refractivity contribution in [3.8, 4) is 0 Å². The molecule has 0 spiro atoms. The van der Waals surface area contributed by atoms with Gasteiger partial charge in [0.05, 0.1) is 5.60 Å². The highest BCUT2D eigenvalue weighted by Gasteiger charge is 2.31. The van der Waals surface area contributed by atoms with Crippen LogP contribution < -0.4 is 5.32 Å². The molecule has 0 amide bonds. The van der Waals surface area contributed by atoms with Crippen LogP contribution >= 0.6 is 27.3 Å². The minimum atomic E-state index is -0.517. The Bertz CT molecular complexity index is 311. The van der Waals surface area contributed by atoms with Crippen LogP contribution in [-0.2, 0) is 6.42 Å². The molecule has 2 rings (SSSR count). The smallest absolute Gasteiger partial charge is 0.0831 e. The normalized spacial score (nSPS) is 27.1. The number of hydrogen-bond acceptors (Lipinski definition) is 3. The van der Waals surface area contributed by atoms with Gasteiger partial charge in [0.25, 0.3) is 0 Å². The minimum absolute atomic E-state index is 0.517. The molecule has 2 N–H and O–H groups in total. The van der Waals surface area contributed by atoms with Gasteiger partial charge in [-0.15, -0.1) is 11.3 Å². The monoisotopic (exact) mass is 275 g/mol. The molecule has 4 heteroatoms. The third-order valence-electron chi connectivity index (χ3n) is 2.63. The topological polar surface area (TPSA) is 32.3 Å². The molecule has 1 aliphatic heterocycles. The lowest BCUT2D eigenvalue weighted by Gasteiger charge is -2.19. The zero-order valence-corrected chi connectivity index (χ0v) is 10.5. The minimum Gasteiger partial charge on any atom is -0.388 e. The Hall–Kier alpha value is 0.100. The number of β-amino-alcohol motifs (C(OH)–C–C–N with tert-alkyl or cyclic N) is 1. The highest BCUT2D eigenvalue weighted by atomic mass is 79.9. The fourth-order valence-corrected chi connectivity index (χ4v) is 3.55. The largest absolute Gasteiger partial charge is 0.388 e. The van der Waals surface area contributed by atoms with E-state index in [4.69, 9.17) is 0 Å². The van der Waals surface area contributed by atoms with Crippen LogP contribution in [0.2, 0.25) is 0 Å². The Kier molecular flexibility index (Phi) is 2.98. The molecule has 0 saturated carbocycles. The van der Waals surface area contributed by atoms with E-state index >= 15 is 0 Å². The highest BCUT2D eigenvalue weighted by Crippen LogP contribution is 2.30. The first kappa shape index (κ1) is 10.6. The number of halogens is 1. The molecule has 1 atom stereocenters. The van der Waals surface area contributed by atoms with E-state index in [1.807, 2.05) is 0 Å². The molecule has 14 heavy (non-hydrogen) atoms. The summed E-state index contributed by atoms with van der Waals surface area (Å²) in [6.07, 6.45) is 1.64. The lowest BCUT2D eigenvalue weighted by molar-refractivity contribution is 0.0627. The summed E-state index contributed by atoms with van der Waals surface area (Å²) in [7, 11) is 0. The first-order chi connectivity index (χ1) is 6.59. The average molecular weight is 276 g/mol. The van der Waals surface area contributed by atoms with Crippen molar-refractivity contribution in [1.29, 1.82) is 0 Å². The molecule has 1 unspecified atom stereocenters. The Balaban J connectivity index is 2.10. The zero-order valence-electron chi connectivity index (χ0n) is 8.14. The summed E-state index contributed by atoms with van der Waals surface area (Å²) in [6.45, 7) is 3.75. The van der Waals surface area contributed by atoms with Gasteiger partial charge in [0.15, 0.2) is 0 Å². The Morgan fingerprint density at radius 1 is 1.71 bits per heavy atom. The fraction of sp³-hybridized carbons (Fsp3) is 0.600. The number of nitrogens with one attached hydrogen (secondary N) is 1. The first-order valence-corrected chi connectivity index (χ1v) is 6.38. The number of thiophene rings is 1. The lowest BCUT2D eigenvalue weighted by Crippen LogP contribution is -2.33. The first-order valence-electron chi connectivity index (χ1n) is 4.77. The van der Waals surface area contributed by atoms with Crippen LogP contribution in [0.4, 0.5) is 0 Å². The van der Waals surface area contributed by atoms with Crippen molar-refractivity contribution in [2.75, 3.05) is 13.1 Å². The van der Waals surface area contributed by atoms with Crippen LogP contribution in [0.25, 0.3) is 0 Å². The summed E-state index contributed by atoms with van der Waals surface area (Å²) in [4.78, 5) is 2.55. The van der Waals surface area contributed by atoms with Gasteiger partial charge in [-0.25, -0.2) is 0 Å². The van der Waals surface area contributed by atoms with Gasteiger partial charge < -0.3 is 10.4 Å². The number of hydrogen-bond donors (Lipinski definition) is 2. The summed E-state index contributed by atoms with van der Waals surface area (Å²) < 4.78 is 1.16. The second kappa shape index (κ2) is 3.93. The third-order valence-corrected chi connectivity index (χ3v) is 4.77. The second-order valence-electron chi connectivity index (χ2n) is 3.94. The molecular weight excluding hydrogens is 262 g/mol. The molecular formula is C10H14BrNOS. The van der Waals surface area contributed by atoms with Crippen LogP contribution in [0.1, 0.15) is 16.2 Å². The quantitative estimate of drug-likeness (QED) is 0.867. The van der Waals surface area contributed by atoms with E-state index in [0.29, 0.717) is 0 Å². The van der Waals surface area contributed by atoms with Gasteiger partial charge in [0.1, 0.15) is 0 Å². The van der Waals surface area contributed by atoms with Crippen molar-refractivity contribution < 1.29 is 5.11 Å². The predicted molar refractivity (Wildman–Crippen MR) is 62.9 cm³/mol. The summed E-state index contributed by atoms with van der Waals surface area (Å²) in [6, 6.07) is 2.12. The van der Waals surface area contributed by atoms with Gasteiger partial charge in [-0.05, 0) is 41.9 Å². The lowest BCUT2D eigenvalue weighted by atomic mass is 9.98. The van der Waals surface area contributed by atoms with E-state index in [2.05, 4.69) is 34.2 Å². The zero-order chi connectivity index (χ0) is 10.2. The number of aryl methyl sites for hydroxylation is 1. The number of aliphatic hydroxyl groups is 1. The maximum atomic E-state index is 10.2. The van der Waals surface area contributed by atoms with Crippen molar-refractivity contribution in [2.24, 2.45) is 0 Å². The van der Waals surface area contributed by atoms with E-state index < -0.39 is 5.60 Å². The van der Waals surface area contributed by atoms with Crippen LogP contribution in [0.5, 0.6) is 0 Å². The Morgan fingerprint density at radius 3 is 3.00 bits per heavy atom. The molecule has 0 aliphatic carbocycles. The maximum absolute atomic E-state index is 10.2. The molecule has 0 radical (unpaired) electrons. The predicted octanol–water partition coefficient (Wildman–Crippen LogP) is 2.09. The van der Waals surface area contributed by atoms with Crippen LogP contribution in [-0.4, -0.2) is 23.8 Å². The van der Waals surface area contributed by atoms with Crippen LogP contribution in [0.15, 0.2) is 10.5 Å². The van der Waals surface area contributed by atoms with Gasteiger partial charge in [0.2, 0.25) is 0 Å². The Morgan fingerprint density at radius 2 is 2.50 bits per heavy atom. The maximum Gasteiger partial charge on any atom is 0.0831 e. The van der Waals surface area contributed by atoms with Crippen molar-refractivity contribution >= 4 is 27.3 Å². The van der Waals surface area contributed by atoms with Crippen LogP contribution in [0.3, 0.4) is 0 Å². The third kappa shape index (κ3) is 2.19. The molecule has 0 bridgehead atoms. The molecule has 1 aromatic rings. The standard InChI is InChI=1S/C10H14BrNOS/c1-7-9(11)4-8(14-7)5-10(13)2-3-12-6-10/h4,12-13H,2-3,5-6H2,1H3. The molecule has 78 valence electrons. The summed E-state index contributed by atoms with van der Waals surface area (Å²) in [5, 5.41) is 13.4. The van der Waals surface area contributed by atoms with E-state index in [1.165, 1.54) is 9.75 Å². The van der Waals surface area contributed by atoms with E-state index in [0.717, 1.165) is 30.4 Å². The van der Waals surface area contributed by atoms with Crippen molar-refractivity contribution in [1.82, 2.24) is 5.32 Å². The van der Waals surface area contributed by atoms with E-state index in [-0.39, 0.29) is 0 Å². The van der Waals surface area contributed by atoms with Gasteiger partial charge in [-0.2, -0.15) is 0 Å². The Labute approximate surface area is 96.5 Å². The summed E-state index contributed by atoms with van der Waals surface area (Å²) in [5.41, 5.74) is -0.517. The fourth-order valence-electron chi connectivity index (χ4n) is 1.81. The van der Waals surface area contributed by atoms with Crippen molar-refractivity contribution in [2.45, 2.75) is 25.4 Å². The van der Waals surface area contributed by atoms with Gasteiger partial charge in [-0.3, -0.25) is 0 Å². The van der Waals surface area contributed by atoms with E-state index in [9.17, 15) is 5.11 Å². The highest BCUT2D eigenvalue weighted by molar-refractivity contribution is 9.10. The van der Waals surface area contributed by atoms with Gasteiger partial charge in [0, 0.05) is 27.2 Å².